The van der Waals surface area contributed by atoms with Crippen molar-refractivity contribution in [2.24, 2.45) is 0 Å². The lowest BCUT2D eigenvalue weighted by atomic mass is 10.2. The number of hydrogen-bond donors (Lipinski definition) is 0. The van der Waals surface area contributed by atoms with Crippen molar-refractivity contribution in [1.82, 2.24) is 14.8 Å². The molecular weight excluding hydrogens is 302 g/mol. The van der Waals surface area contributed by atoms with E-state index in [1.54, 1.807) is 4.68 Å². The van der Waals surface area contributed by atoms with Crippen LogP contribution in [0.25, 0.3) is 0 Å². The van der Waals surface area contributed by atoms with Gasteiger partial charge >= 0.3 is 0 Å². The van der Waals surface area contributed by atoms with Gasteiger partial charge in [0.15, 0.2) is 5.78 Å². The zero-order chi connectivity index (χ0) is 12.3. The van der Waals surface area contributed by atoms with Crippen molar-refractivity contribution in [3.05, 3.63) is 32.9 Å². The summed E-state index contributed by atoms with van der Waals surface area (Å²) in [5, 5.41) is 4.11. The van der Waals surface area contributed by atoms with Gasteiger partial charge in [0.25, 0.3) is 0 Å². The Morgan fingerprint density at radius 3 is 3.00 bits per heavy atom. The summed E-state index contributed by atoms with van der Waals surface area (Å²) < 4.78 is 2.76. The average molecular weight is 314 g/mol. The summed E-state index contributed by atoms with van der Waals surface area (Å²) in [6, 6.07) is 3.71. The van der Waals surface area contributed by atoms with E-state index in [2.05, 4.69) is 32.9 Å². The van der Waals surface area contributed by atoms with Crippen molar-refractivity contribution in [2.75, 3.05) is 0 Å². The second kappa shape index (κ2) is 5.55. The summed E-state index contributed by atoms with van der Waals surface area (Å²) >= 11 is 4.80. The SMILES string of the molecule is CCCn1ncnc1CC(=O)c1ccc(Br)s1. The van der Waals surface area contributed by atoms with E-state index in [9.17, 15) is 4.79 Å². The number of halogens is 1. The summed E-state index contributed by atoms with van der Waals surface area (Å²) in [7, 11) is 0. The van der Waals surface area contributed by atoms with E-state index in [1.807, 2.05) is 12.1 Å². The molecule has 4 nitrogen and oxygen atoms in total. The van der Waals surface area contributed by atoms with Crippen LogP contribution < -0.4 is 0 Å². The minimum absolute atomic E-state index is 0.0889. The Morgan fingerprint density at radius 2 is 2.35 bits per heavy atom. The summed E-state index contributed by atoms with van der Waals surface area (Å²) in [5.41, 5.74) is 0. The lowest BCUT2D eigenvalue weighted by molar-refractivity contribution is 0.0993. The molecule has 0 aliphatic rings. The fourth-order valence-corrected chi connectivity index (χ4v) is 2.84. The Morgan fingerprint density at radius 1 is 1.53 bits per heavy atom. The molecule has 0 fully saturated rings. The molecule has 90 valence electrons. The fraction of sp³-hybridized carbons (Fsp3) is 0.364. The molecule has 0 atom stereocenters. The highest BCUT2D eigenvalue weighted by molar-refractivity contribution is 9.11. The number of hydrogen-bond acceptors (Lipinski definition) is 4. The molecule has 0 saturated heterocycles. The number of nitrogens with zero attached hydrogens (tertiary/aromatic N) is 3. The summed E-state index contributed by atoms with van der Waals surface area (Å²) in [4.78, 5) is 16.9. The highest BCUT2D eigenvalue weighted by atomic mass is 79.9. The van der Waals surface area contributed by atoms with Crippen LogP contribution in [0, 0.1) is 0 Å². The van der Waals surface area contributed by atoms with E-state index < -0.39 is 0 Å². The number of aryl methyl sites for hydroxylation is 1. The first-order valence-corrected chi connectivity index (χ1v) is 6.97. The van der Waals surface area contributed by atoms with Gasteiger partial charge < -0.3 is 0 Å². The van der Waals surface area contributed by atoms with Crippen LogP contribution in [0.2, 0.25) is 0 Å². The number of rotatable bonds is 5. The van der Waals surface area contributed by atoms with Gasteiger partial charge in [-0.15, -0.1) is 11.3 Å². The van der Waals surface area contributed by atoms with Crippen LogP contribution >= 0.6 is 27.3 Å². The van der Waals surface area contributed by atoms with Crippen molar-refractivity contribution < 1.29 is 4.79 Å². The second-order valence-corrected chi connectivity index (χ2v) is 6.07. The van der Waals surface area contributed by atoms with Gasteiger partial charge in [0.05, 0.1) is 15.1 Å². The molecule has 0 aromatic carbocycles. The van der Waals surface area contributed by atoms with Crippen molar-refractivity contribution in [2.45, 2.75) is 26.3 Å². The number of ketones is 1. The topological polar surface area (TPSA) is 47.8 Å². The summed E-state index contributed by atoms with van der Waals surface area (Å²) in [5.74, 6) is 0.826. The lowest BCUT2D eigenvalue weighted by Gasteiger charge is -2.02. The van der Waals surface area contributed by atoms with Crippen LogP contribution in [-0.2, 0) is 13.0 Å². The fourth-order valence-electron chi connectivity index (χ4n) is 1.52. The molecule has 0 bridgehead atoms. The molecule has 2 heterocycles. The van der Waals surface area contributed by atoms with Crippen molar-refractivity contribution in [3.8, 4) is 0 Å². The predicted octanol–water partition coefficient (Wildman–Crippen LogP) is 2.94. The molecule has 0 saturated carbocycles. The third kappa shape index (κ3) is 3.01. The smallest absolute Gasteiger partial charge is 0.180 e. The van der Waals surface area contributed by atoms with Crippen LogP contribution in [0.5, 0.6) is 0 Å². The normalized spacial score (nSPS) is 10.7. The third-order valence-corrected chi connectivity index (χ3v) is 3.96. The lowest BCUT2D eigenvalue weighted by Crippen LogP contribution is -2.10. The molecule has 0 N–H and O–H groups in total. The molecule has 0 unspecified atom stereocenters. The van der Waals surface area contributed by atoms with E-state index in [1.165, 1.54) is 17.7 Å². The molecule has 2 rings (SSSR count). The van der Waals surface area contributed by atoms with Crippen LogP contribution in [0.1, 0.15) is 28.8 Å². The van der Waals surface area contributed by atoms with E-state index >= 15 is 0 Å². The highest BCUT2D eigenvalue weighted by Crippen LogP contribution is 2.23. The first-order valence-electron chi connectivity index (χ1n) is 5.36. The van der Waals surface area contributed by atoms with Crippen LogP contribution in [0.4, 0.5) is 0 Å². The molecule has 0 aliphatic heterocycles. The molecule has 6 heteroatoms. The van der Waals surface area contributed by atoms with Crippen molar-refractivity contribution in [1.29, 1.82) is 0 Å². The van der Waals surface area contributed by atoms with E-state index in [0.717, 1.165) is 27.5 Å². The van der Waals surface area contributed by atoms with E-state index in [-0.39, 0.29) is 5.78 Å². The zero-order valence-corrected chi connectivity index (χ0v) is 11.8. The Labute approximate surface area is 112 Å². The van der Waals surface area contributed by atoms with Gasteiger partial charge in [-0.2, -0.15) is 5.10 Å². The van der Waals surface area contributed by atoms with Crippen LogP contribution in [-0.4, -0.2) is 20.5 Å². The average Bonchev–Trinajstić information content (AvgIpc) is 2.89. The number of carbonyl (C=O) groups is 1. The largest absolute Gasteiger partial charge is 0.293 e. The molecule has 17 heavy (non-hydrogen) atoms. The highest BCUT2D eigenvalue weighted by Gasteiger charge is 2.13. The van der Waals surface area contributed by atoms with Gasteiger partial charge in [0, 0.05) is 6.54 Å². The van der Waals surface area contributed by atoms with Gasteiger partial charge in [-0.05, 0) is 34.5 Å². The maximum atomic E-state index is 12.0. The van der Waals surface area contributed by atoms with Crippen molar-refractivity contribution >= 4 is 33.0 Å². The first kappa shape index (κ1) is 12.4. The maximum Gasteiger partial charge on any atom is 0.180 e. The minimum Gasteiger partial charge on any atom is -0.293 e. The monoisotopic (exact) mass is 313 g/mol. The Balaban J connectivity index is 2.10. The number of thiophene rings is 1. The quantitative estimate of drug-likeness (QED) is 0.797. The third-order valence-electron chi connectivity index (χ3n) is 2.30. The predicted molar refractivity (Wildman–Crippen MR) is 70.4 cm³/mol. The van der Waals surface area contributed by atoms with Gasteiger partial charge in [-0.25, -0.2) is 9.67 Å². The summed E-state index contributed by atoms with van der Waals surface area (Å²) in [6.45, 7) is 2.88. The number of Topliss-reactive ketones (excluding diaryl/α,β-unsaturated/α-hetero) is 1. The Kier molecular flexibility index (Phi) is 4.06. The molecule has 0 amide bonds. The summed E-state index contributed by atoms with van der Waals surface area (Å²) in [6.07, 6.45) is 2.80. The molecule has 0 radical (unpaired) electrons. The molecule has 0 spiro atoms. The van der Waals surface area contributed by atoms with Crippen LogP contribution in [0.15, 0.2) is 22.2 Å². The van der Waals surface area contributed by atoms with Crippen LogP contribution in [0.3, 0.4) is 0 Å². The second-order valence-electron chi connectivity index (χ2n) is 3.60. The molecule has 2 aromatic rings. The Bertz CT molecular complexity index is 520. The molecule has 2 aromatic heterocycles. The minimum atomic E-state index is 0.0889. The van der Waals surface area contributed by atoms with E-state index in [0.29, 0.717) is 6.42 Å². The number of aromatic nitrogens is 3. The Hall–Kier alpha value is -1.01. The number of carbonyl (C=O) groups excluding carboxylic acids is 1. The zero-order valence-electron chi connectivity index (χ0n) is 9.39. The van der Waals surface area contributed by atoms with Gasteiger partial charge in [-0.1, -0.05) is 6.92 Å². The first-order chi connectivity index (χ1) is 8.20. The van der Waals surface area contributed by atoms with Gasteiger partial charge in [0.2, 0.25) is 0 Å². The van der Waals surface area contributed by atoms with E-state index in [4.69, 9.17) is 0 Å². The van der Waals surface area contributed by atoms with Gasteiger partial charge in [0.1, 0.15) is 12.2 Å². The standard InChI is InChI=1S/C11H12BrN3OS/c1-2-5-15-11(13-7-14-15)6-8(16)9-3-4-10(12)17-9/h3-4,7H,2,5-6H2,1H3. The van der Waals surface area contributed by atoms with Gasteiger partial charge in [-0.3, -0.25) is 4.79 Å². The maximum absolute atomic E-state index is 12.0. The molecular formula is C11H12BrN3OS. The van der Waals surface area contributed by atoms with Crippen molar-refractivity contribution in [3.63, 3.8) is 0 Å². The molecule has 0 aliphatic carbocycles.